The Labute approximate surface area is 90.8 Å². The maximum Gasteiger partial charge on any atom is 0.365 e. The first-order valence-electron chi connectivity index (χ1n) is 4.74. The lowest BCUT2D eigenvalue weighted by atomic mass is 9.89. The fourth-order valence-electron chi connectivity index (χ4n) is 1.49. The number of nitrogens with one attached hydrogen (secondary N) is 1. The number of carboxylic acids is 1. The van der Waals surface area contributed by atoms with Crippen LogP contribution in [0.15, 0.2) is 5.38 Å². The van der Waals surface area contributed by atoms with Crippen molar-refractivity contribution in [2.75, 3.05) is 0 Å². The fourth-order valence-corrected chi connectivity index (χ4v) is 2.14. The second kappa shape index (κ2) is 4.26. The first-order valence-corrected chi connectivity index (χ1v) is 5.62. The molecule has 0 aromatic carbocycles. The highest BCUT2D eigenvalue weighted by atomic mass is 32.1. The van der Waals surface area contributed by atoms with Gasteiger partial charge in [-0.3, -0.25) is 0 Å². The van der Waals surface area contributed by atoms with Crippen molar-refractivity contribution in [2.45, 2.75) is 31.5 Å². The van der Waals surface area contributed by atoms with Crippen LogP contribution in [0.25, 0.3) is 0 Å². The smallest absolute Gasteiger partial charge is 0.365 e. The molecule has 0 aliphatic heterocycles. The van der Waals surface area contributed by atoms with Crippen LogP contribution in [-0.2, 0) is 6.54 Å². The molecule has 0 amide bonds. The molecule has 0 bridgehead atoms. The lowest BCUT2D eigenvalue weighted by molar-refractivity contribution is 0.0618. The summed E-state index contributed by atoms with van der Waals surface area (Å²) in [5.74, 6) is -0.981. The molecule has 1 saturated carbocycles. The van der Waals surface area contributed by atoms with Crippen LogP contribution in [0.1, 0.15) is 28.3 Å². The van der Waals surface area contributed by atoms with Crippen LogP contribution in [0.3, 0.4) is 0 Å². The largest absolute Gasteiger partial charge is 0.476 e. The summed E-state index contributed by atoms with van der Waals surface area (Å²) >= 11 is 1.14. The van der Waals surface area contributed by atoms with Gasteiger partial charge in [-0.15, -0.1) is 11.3 Å². The average molecular weight is 228 g/mol. The predicted octanol–water partition coefficient (Wildman–Crippen LogP) is 0.454. The van der Waals surface area contributed by atoms with E-state index in [2.05, 4.69) is 10.3 Å². The first kappa shape index (κ1) is 10.5. The van der Waals surface area contributed by atoms with E-state index in [4.69, 9.17) is 10.2 Å². The summed E-state index contributed by atoms with van der Waals surface area (Å²) < 4.78 is 0. The molecule has 3 N–H and O–H groups in total. The fraction of sp³-hybridized carbons (Fsp3) is 0.556. The molecule has 1 aromatic heterocycles. The first-order chi connectivity index (χ1) is 7.15. The van der Waals surface area contributed by atoms with Crippen LogP contribution < -0.4 is 5.32 Å². The van der Waals surface area contributed by atoms with Crippen LogP contribution in [0, 0.1) is 0 Å². The number of aliphatic hydroxyl groups is 1. The minimum Gasteiger partial charge on any atom is -0.476 e. The molecule has 5 nitrogen and oxygen atoms in total. The van der Waals surface area contributed by atoms with Crippen molar-refractivity contribution in [1.82, 2.24) is 10.3 Å². The van der Waals surface area contributed by atoms with Crippen LogP contribution in [0.5, 0.6) is 0 Å². The number of hydrogen-bond donors (Lipinski definition) is 3. The lowest BCUT2D eigenvalue weighted by Crippen LogP contribution is -2.43. The molecule has 2 rings (SSSR count). The molecule has 0 atom stereocenters. The molecule has 1 fully saturated rings. The number of nitrogens with zero attached hydrogens (tertiary/aromatic N) is 1. The Balaban J connectivity index is 1.81. The van der Waals surface area contributed by atoms with Crippen LogP contribution in [-0.4, -0.2) is 33.3 Å². The van der Waals surface area contributed by atoms with E-state index >= 15 is 0 Å². The lowest BCUT2D eigenvalue weighted by Gasteiger charge is -2.31. The van der Waals surface area contributed by atoms with E-state index in [0.29, 0.717) is 12.6 Å². The second-order valence-electron chi connectivity index (χ2n) is 3.65. The molecule has 0 radical (unpaired) electrons. The summed E-state index contributed by atoms with van der Waals surface area (Å²) in [6.45, 7) is 0.571. The molecular weight excluding hydrogens is 216 g/mol. The van der Waals surface area contributed by atoms with E-state index in [-0.39, 0.29) is 11.1 Å². The highest BCUT2D eigenvalue weighted by Crippen LogP contribution is 2.20. The SMILES string of the molecule is O=C(O)c1nc(CNC2CC(O)C2)cs1. The molecule has 82 valence electrons. The van der Waals surface area contributed by atoms with E-state index in [1.165, 1.54) is 0 Å². The Morgan fingerprint density at radius 3 is 2.93 bits per heavy atom. The van der Waals surface area contributed by atoms with Crippen LogP contribution in [0.2, 0.25) is 0 Å². The highest BCUT2D eigenvalue weighted by Gasteiger charge is 2.26. The third kappa shape index (κ3) is 2.53. The van der Waals surface area contributed by atoms with Gasteiger partial charge in [-0.2, -0.15) is 0 Å². The Morgan fingerprint density at radius 1 is 1.67 bits per heavy atom. The number of aliphatic hydroxyl groups excluding tert-OH is 1. The summed E-state index contributed by atoms with van der Waals surface area (Å²) in [5.41, 5.74) is 0.749. The molecule has 1 aliphatic rings. The number of carbonyl (C=O) groups is 1. The zero-order valence-electron chi connectivity index (χ0n) is 8.01. The number of thiazole rings is 1. The number of carboxylic acid groups (broad SMARTS) is 1. The zero-order valence-corrected chi connectivity index (χ0v) is 8.83. The highest BCUT2D eigenvalue weighted by molar-refractivity contribution is 7.11. The quantitative estimate of drug-likeness (QED) is 0.697. The number of aromatic carboxylic acids is 1. The van der Waals surface area contributed by atoms with Gasteiger partial charge < -0.3 is 15.5 Å². The monoisotopic (exact) mass is 228 g/mol. The van der Waals surface area contributed by atoms with Crippen molar-refractivity contribution in [2.24, 2.45) is 0 Å². The van der Waals surface area contributed by atoms with E-state index in [9.17, 15) is 4.79 Å². The maximum atomic E-state index is 10.6. The minimum absolute atomic E-state index is 0.125. The van der Waals surface area contributed by atoms with Crippen molar-refractivity contribution in [3.63, 3.8) is 0 Å². The summed E-state index contributed by atoms with van der Waals surface area (Å²) in [5, 5.41) is 22.8. The summed E-state index contributed by atoms with van der Waals surface area (Å²) in [6, 6.07) is 0.343. The second-order valence-corrected chi connectivity index (χ2v) is 4.51. The Hall–Kier alpha value is -0.980. The predicted molar refractivity (Wildman–Crippen MR) is 54.9 cm³/mol. The van der Waals surface area contributed by atoms with Gasteiger partial charge in [0.05, 0.1) is 11.8 Å². The van der Waals surface area contributed by atoms with E-state index in [1.807, 2.05) is 0 Å². The molecular formula is C9H12N2O3S. The van der Waals surface area contributed by atoms with E-state index in [1.54, 1.807) is 5.38 Å². The van der Waals surface area contributed by atoms with Crippen LogP contribution in [0.4, 0.5) is 0 Å². The summed E-state index contributed by atoms with van der Waals surface area (Å²) in [6.07, 6.45) is 1.37. The summed E-state index contributed by atoms with van der Waals surface area (Å²) in [4.78, 5) is 14.5. The Bertz CT molecular complexity index is 360. The van der Waals surface area contributed by atoms with Gasteiger partial charge in [-0.05, 0) is 12.8 Å². The van der Waals surface area contributed by atoms with E-state index in [0.717, 1.165) is 29.9 Å². The van der Waals surface area contributed by atoms with Gasteiger partial charge >= 0.3 is 5.97 Å². The number of rotatable bonds is 4. The molecule has 1 aliphatic carbocycles. The molecule has 1 aromatic rings. The van der Waals surface area contributed by atoms with Gasteiger partial charge in [-0.25, -0.2) is 9.78 Å². The van der Waals surface area contributed by atoms with E-state index < -0.39 is 5.97 Å². The average Bonchev–Trinajstić information content (AvgIpc) is 2.59. The van der Waals surface area contributed by atoms with Gasteiger partial charge in [0.15, 0.2) is 0 Å². The van der Waals surface area contributed by atoms with Crippen LogP contribution >= 0.6 is 11.3 Å². The molecule has 0 unspecified atom stereocenters. The van der Waals surface area contributed by atoms with Crippen molar-refractivity contribution in [1.29, 1.82) is 0 Å². The minimum atomic E-state index is -0.981. The molecule has 1 heterocycles. The molecule has 6 heteroatoms. The standard InChI is InChI=1S/C9H12N2O3S/c12-7-1-5(2-7)10-3-6-4-15-8(11-6)9(13)14/h4-5,7,10,12H,1-3H2,(H,13,14). The molecule has 0 saturated heterocycles. The Kier molecular flexibility index (Phi) is 2.99. The molecule has 0 spiro atoms. The third-order valence-corrected chi connectivity index (χ3v) is 3.30. The van der Waals surface area contributed by atoms with Crippen molar-refractivity contribution < 1.29 is 15.0 Å². The zero-order chi connectivity index (χ0) is 10.8. The normalized spacial score (nSPS) is 24.9. The number of aromatic nitrogens is 1. The van der Waals surface area contributed by atoms with Crippen molar-refractivity contribution in [3.8, 4) is 0 Å². The maximum absolute atomic E-state index is 10.6. The molecule has 15 heavy (non-hydrogen) atoms. The summed E-state index contributed by atoms with van der Waals surface area (Å²) in [7, 11) is 0. The van der Waals surface area contributed by atoms with Gasteiger partial charge in [0.25, 0.3) is 0 Å². The van der Waals surface area contributed by atoms with Gasteiger partial charge in [0.1, 0.15) is 0 Å². The van der Waals surface area contributed by atoms with Gasteiger partial charge in [0, 0.05) is 18.0 Å². The third-order valence-electron chi connectivity index (χ3n) is 2.42. The van der Waals surface area contributed by atoms with Crippen molar-refractivity contribution >= 4 is 17.3 Å². The van der Waals surface area contributed by atoms with Gasteiger partial charge in [0.2, 0.25) is 5.01 Å². The Morgan fingerprint density at radius 2 is 2.40 bits per heavy atom. The van der Waals surface area contributed by atoms with Gasteiger partial charge in [-0.1, -0.05) is 0 Å². The topological polar surface area (TPSA) is 82.5 Å². The number of hydrogen-bond acceptors (Lipinski definition) is 5. The van der Waals surface area contributed by atoms with Crippen molar-refractivity contribution in [3.05, 3.63) is 16.1 Å².